The van der Waals surface area contributed by atoms with Crippen molar-refractivity contribution in [3.63, 3.8) is 0 Å². The van der Waals surface area contributed by atoms with Crippen molar-refractivity contribution in [1.29, 1.82) is 0 Å². The van der Waals surface area contributed by atoms with Crippen molar-refractivity contribution in [3.8, 4) is 0 Å². The number of nitrogens with zero attached hydrogens (tertiary/aromatic N) is 2. The molecule has 1 fully saturated rings. The summed E-state index contributed by atoms with van der Waals surface area (Å²) in [7, 11) is 0. The molecule has 17 heavy (non-hydrogen) atoms. The highest BCUT2D eigenvalue weighted by Gasteiger charge is 2.12. The van der Waals surface area contributed by atoms with E-state index in [4.69, 9.17) is 0 Å². The minimum Gasteiger partial charge on any atom is -0.314 e. The van der Waals surface area contributed by atoms with Crippen LogP contribution in [0.2, 0.25) is 0 Å². The molecular formula is C13H21N3S. The van der Waals surface area contributed by atoms with Crippen LogP contribution >= 0.6 is 11.8 Å². The Labute approximate surface area is 108 Å². The van der Waals surface area contributed by atoms with Gasteiger partial charge < -0.3 is 5.32 Å². The molecule has 0 radical (unpaired) electrons. The van der Waals surface area contributed by atoms with Gasteiger partial charge in [0, 0.05) is 23.2 Å². The van der Waals surface area contributed by atoms with E-state index in [1.807, 2.05) is 19.9 Å². The number of nitrogens with one attached hydrogen (secondary N) is 1. The highest BCUT2D eigenvalue weighted by molar-refractivity contribution is 7.99. The molecule has 1 aromatic rings. The fraction of sp³-hybridized carbons (Fsp3) is 0.692. The molecule has 0 spiro atoms. The van der Waals surface area contributed by atoms with Gasteiger partial charge in [0.15, 0.2) is 5.16 Å². The molecule has 4 heteroatoms. The van der Waals surface area contributed by atoms with Crippen molar-refractivity contribution in [2.45, 2.75) is 50.7 Å². The van der Waals surface area contributed by atoms with E-state index in [9.17, 15) is 0 Å². The van der Waals surface area contributed by atoms with E-state index in [0.29, 0.717) is 6.04 Å². The van der Waals surface area contributed by atoms with E-state index in [1.54, 1.807) is 11.8 Å². The third-order valence-corrected chi connectivity index (χ3v) is 3.95. The molecule has 2 heterocycles. The fourth-order valence-corrected chi connectivity index (χ4v) is 3.22. The lowest BCUT2D eigenvalue weighted by Gasteiger charge is -2.22. The van der Waals surface area contributed by atoms with Crippen molar-refractivity contribution in [2.24, 2.45) is 0 Å². The first-order valence-electron chi connectivity index (χ1n) is 6.42. The van der Waals surface area contributed by atoms with Crippen LogP contribution in [0, 0.1) is 13.8 Å². The highest BCUT2D eigenvalue weighted by atomic mass is 32.2. The van der Waals surface area contributed by atoms with E-state index in [2.05, 4.69) is 15.3 Å². The summed E-state index contributed by atoms with van der Waals surface area (Å²) in [6, 6.07) is 2.73. The Morgan fingerprint density at radius 3 is 2.71 bits per heavy atom. The van der Waals surface area contributed by atoms with E-state index in [1.165, 1.54) is 32.2 Å². The Bertz CT molecular complexity index is 341. The van der Waals surface area contributed by atoms with E-state index >= 15 is 0 Å². The molecule has 0 aromatic carbocycles. The smallest absolute Gasteiger partial charge is 0.187 e. The summed E-state index contributed by atoms with van der Waals surface area (Å²) in [6.07, 6.45) is 5.27. The van der Waals surface area contributed by atoms with Crippen LogP contribution < -0.4 is 5.32 Å². The molecule has 0 unspecified atom stereocenters. The fourth-order valence-electron chi connectivity index (χ4n) is 2.22. The zero-order chi connectivity index (χ0) is 12.1. The summed E-state index contributed by atoms with van der Waals surface area (Å²) in [4.78, 5) is 8.90. The second kappa shape index (κ2) is 6.36. The van der Waals surface area contributed by atoms with Crippen LogP contribution in [0.1, 0.15) is 37.1 Å². The van der Waals surface area contributed by atoms with Gasteiger partial charge in [0.05, 0.1) is 0 Å². The molecule has 1 aliphatic rings. The van der Waals surface area contributed by atoms with E-state index < -0.39 is 0 Å². The molecule has 0 aliphatic carbocycles. The Morgan fingerprint density at radius 2 is 2.06 bits per heavy atom. The van der Waals surface area contributed by atoms with Crippen molar-refractivity contribution < 1.29 is 0 Å². The lowest BCUT2D eigenvalue weighted by molar-refractivity contribution is 0.394. The first-order chi connectivity index (χ1) is 8.24. The van der Waals surface area contributed by atoms with Crippen LogP contribution in [0.15, 0.2) is 11.2 Å². The molecule has 1 aromatic heterocycles. The number of aryl methyl sites for hydroxylation is 2. The maximum Gasteiger partial charge on any atom is 0.187 e. The summed E-state index contributed by atoms with van der Waals surface area (Å²) in [5.74, 6) is 1.11. The molecule has 3 nitrogen and oxygen atoms in total. The van der Waals surface area contributed by atoms with Crippen molar-refractivity contribution in [1.82, 2.24) is 15.3 Å². The first kappa shape index (κ1) is 12.8. The van der Waals surface area contributed by atoms with Crippen molar-refractivity contribution in [2.75, 3.05) is 12.3 Å². The number of piperidine rings is 1. The number of aromatic nitrogens is 2. The van der Waals surface area contributed by atoms with Crippen LogP contribution in [-0.4, -0.2) is 28.3 Å². The predicted octanol–water partition coefficient (Wildman–Crippen LogP) is 2.72. The molecule has 1 saturated heterocycles. The van der Waals surface area contributed by atoms with Crippen molar-refractivity contribution >= 4 is 11.8 Å². The lowest BCUT2D eigenvalue weighted by Crippen LogP contribution is -2.34. The summed E-state index contributed by atoms with van der Waals surface area (Å²) in [5.41, 5.74) is 2.13. The van der Waals surface area contributed by atoms with Gasteiger partial charge in [0.1, 0.15) is 0 Å². The maximum absolute atomic E-state index is 4.45. The molecule has 0 bridgehead atoms. The number of rotatable bonds is 4. The molecule has 1 N–H and O–H groups in total. The molecule has 0 amide bonds. The first-order valence-corrected chi connectivity index (χ1v) is 7.41. The largest absolute Gasteiger partial charge is 0.314 e. The molecule has 2 rings (SSSR count). The monoisotopic (exact) mass is 251 g/mol. The maximum atomic E-state index is 4.45. The van der Waals surface area contributed by atoms with Crippen LogP contribution in [0.5, 0.6) is 0 Å². The zero-order valence-electron chi connectivity index (χ0n) is 10.7. The predicted molar refractivity (Wildman–Crippen MR) is 72.5 cm³/mol. The average molecular weight is 251 g/mol. The molecular weight excluding hydrogens is 230 g/mol. The second-order valence-corrected chi connectivity index (χ2v) is 5.78. The Kier molecular flexibility index (Phi) is 4.80. The normalized spacial score (nSPS) is 20.5. The van der Waals surface area contributed by atoms with Crippen LogP contribution in [0.25, 0.3) is 0 Å². The summed E-state index contributed by atoms with van der Waals surface area (Å²) in [6.45, 7) is 5.25. The number of hydrogen-bond acceptors (Lipinski definition) is 4. The quantitative estimate of drug-likeness (QED) is 0.659. The molecule has 1 aliphatic heterocycles. The van der Waals surface area contributed by atoms with Crippen LogP contribution in [0.3, 0.4) is 0 Å². The second-order valence-electron chi connectivity index (χ2n) is 4.72. The summed E-state index contributed by atoms with van der Waals surface area (Å²) >= 11 is 1.78. The van der Waals surface area contributed by atoms with Crippen molar-refractivity contribution in [3.05, 3.63) is 17.5 Å². The van der Waals surface area contributed by atoms with E-state index in [-0.39, 0.29) is 0 Å². The summed E-state index contributed by atoms with van der Waals surface area (Å²) < 4.78 is 0. The van der Waals surface area contributed by atoms with Crippen LogP contribution in [-0.2, 0) is 0 Å². The minimum absolute atomic E-state index is 0.710. The standard InChI is InChI=1S/C13H21N3S/c1-10-9-11(2)16-13(15-10)17-8-6-12-5-3-4-7-14-12/h9,12,14H,3-8H2,1-2H3/t12-/m1/s1. The number of thioether (sulfide) groups is 1. The molecule has 94 valence electrons. The van der Waals surface area contributed by atoms with Gasteiger partial charge in [-0.1, -0.05) is 18.2 Å². The van der Waals surface area contributed by atoms with Gasteiger partial charge in [-0.15, -0.1) is 0 Å². The van der Waals surface area contributed by atoms with E-state index in [0.717, 1.165) is 22.3 Å². The zero-order valence-corrected chi connectivity index (χ0v) is 11.5. The average Bonchev–Trinajstić information content (AvgIpc) is 2.29. The number of hydrogen-bond donors (Lipinski definition) is 1. The SMILES string of the molecule is Cc1cc(C)nc(SCC[C@H]2CCCCN2)n1. The van der Waals surface area contributed by atoms with Gasteiger partial charge in [-0.2, -0.15) is 0 Å². The third kappa shape index (κ3) is 4.28. The third-order valence-electron chi connectivity index (χ3n) is 3.07. The minimum atomic E-state index is 0.710. The van der Waals surface area contributed by atoms with Gasteiger partial charge >= 0.3 is 0 Å². The van der Waals surface area contributed by atoms with Gasteiger partial charge in [0.2, 0.25) is 0 Å². The van der Waals surface area contributed by atoms with Gasteiger partial charge in [-0.25, -0.2) is 9.97 Å². The topological polar surface area (TPSA) is 37.8 Å². The summed E-state index contributed by atoms with van der Waals surface area (Å²) in [5, 5.41) is 4.50. The molecule has 1 atom stereocenters. The van der Waals surface area contributed by atoms with Gasteiger partial charge in [0.25, 0.3) is 0 Å². The highest BCUT2D eigenvalue weighted by Crippen LogP contribution is 2.18. The Morgan fingerprint density at radius 1 is 1.29 bits per heavy atom. The van der Waals surface area contributed by atoms with Gasteiger partial charge in [-0.05, 0) is 45.7 Å². The lowest BCUT2D eigenvalue weighted by atomic mass is 10.0. The Hall–Kier alpha value is -0.610. The Balaban J connectivity index is 1.77. The van der Waals surface area contributed by atoms with Gasteiger partial charge in [-0.3, -0.25) is 0 Å². The molecule has 0 saturated carbocycles. The van der Waals surface area contributed by atoms with Crippen LogP contribution in [0.4, 0.5) is 0 Å².